The number of nitrogens with zero attached hydrogens (tertiary/aromatic N) is 2. The first-order valence-electron chi connectivity index (χ1n) is 7.47. The minimum absolute atomic E-state index is 0.0499. The monoisotopic (exact) mass is 312 g/mol. The number of carbonyl (C=O) groups is 2. The third-order valence-electron chi connectivity index (χ3n) is 4.02. The number of para-hydroxylation sites is 2. The predicted octanol–water partition coefficient (Wildman–Crippen LogP) is 2.97. The van der Waals surface area contributed by atoms with Gasteiger partial charge in [0, 0.05) is 6.54 Å². The number of anilines is 2. The van der Waals surface area contributed by atoms with E-state index in [0.29, 0.717) is 24.5 Å². The fourth-order valence-corrected chi connectivity index (χ4v) is 2.83. The molecule has 0 fully saturated rings. The lowest BCUT2D eigenvalue weighted by Gasteiger charge is -2.24. The smallest absolute Gasteiger partial charge is 0.231 e. The lowest BCUT2D eigenvalue weighted by Crippen LogP contribution is -2.36. The summed E-state index contributed by atoms with van der Waals surface area (Å²) >= 11 is 0. The van der Waals surface area contributed by atoms with Gasteiger partial charge in [0.2, 0.25) is 12.3 Å². The van der Waals surface area contributed by atoms with Crippen LogP contribution in [0.25, 0.3) is 0 Å². The molecule has 1 aliphatic heterocycles. The first-order valence-corrected chi connectivity index (χ1v) is 7.47. The fraction of sp³-hybridized carbons (Fsp3) is 0.222. The molecule has 0 saturated heterocycles. The number of halogens is 1. The maximum atomic E-state index is 13.1. The second-order valence-electron chi connectivity index (χ2n) is 5.70. The molecule has 0 aliphatic carbocycles. The quantitative estimate of drug-likeness (QED) is 0.818. The SMILES string of the molecule is CC1CN(C=O)c2ccccc2N(Cc2ccc(F)cc2)C1=O. The molecule has 0 bridgehead atoms. The van der Waals surface area contributed by atoms with Crippen molar-refractivity contribution in [3.8, 4) is 0 Å². The maximum Gasteiger partial charge on any atom is 0.231 e. The molecule has 5 heteroatoms. The van der Waals surface area contributed by atoms with Crippen molar-refractivity contribution < 1.29 is 14.0 Å². The van der Waals surface area contributed by atoms with Gasteiger partial charge in [0.15, 0.2) is 0 Å². The van der Waals surface area contributed by atoms with Crippen LogP contribution in [0.3, 0.4) is 0 Å². The molecule has 23 heavy (non-hydrogen) atoms. The van der Waals surface area contributed by atoms with E-state index in [4.69, 9.17) is 0 Å². The van der Waals surface area contributed by atoms with Crippen molar-refractivity contribution in [3.05, 3.63) is 59.9 Å². The molecule has 1 heterocycles. The Morgan fingerprint density at radius 1 is 1.13 bits per heavy atom. The Morgan fingerprint density at radius 2 is 1.78 bits per heavy atom. The zero-order chi connectivity index (χ0) is 16.4. The number of carbonyl (C=O) groups excluding carboxylic acids is 2. The van der Waals surface area contributed by atoms with E-state index in [1.807, 2.05) is 31.2 Å². The molecule has 0 radical (unpaired) electrons. The van der Waals surface area contributed by atoms with Crippen LogP contribution in [0, 0.1) is 11.7 Å². The van der Waals surface area contributed by atoms with Crippen molar-refractivity contribution >= 4 is 23.7 Å². The Labute approximate surface area is 134 Å². The number of fused-ring (bicyclic) bond motifs is 1. The highest BCUT2D eigenvalue weighted by molar-refractivity contribution is 6.02. The summed E-state index contributed by atoms with van der Waals surface area (Å²) in [6.45, 7) is 2.49. The summed E-state index contributed by atoms with van der Waals surface area (Å²) in [6, 6.07) is 13.4. The van der Waals surface area contributed by atoms with E-state index in [1.165, 1.54) is 12.1 Å². The first kappa shape index (κ1) is 15.2. The predicted molar refractivity (Wildman–Crippen MR) is 86.6 cm³/mol. The van der Waals surface area contributed by atoms with Crippen LogP contribution in [0.5, 0.6) is 0 Å². The van der Waals surface area contributed by atoms with E-state index in [-0.39, 0.29) is 17.6 Å². The molecule has 2 amide bonds. The topological polar surface area (TPSA) is 40.6 Å². The summed E-state index contributed by atoms with van der Waals surface area (Å²) in [4.78, 5) is 27.4. The zero-order valence-corrected chi connectivity index (χ0v) is 12.8. The van der Waals surface area contributed by atoms with Gasteiger partial charge in [-0.3, -0.25) is 9.59 Å². The molecule has 1 atom stereocenters. The van der Waals surface area contributed by atoms with Crippen molar-refractivity contribution in [2.75, 3.05) is 16.3 Å². The molecule has 2 aromatic carbocycles. The molecule has 3 rings (SSSR count). The Morgan fingerprint density at radius 3 is 2.43 bits per heavy atom. The number of rotatable bonds is 3. The highest BCUT2D eigenvalue weighted by atomic mass is 19.1. The van der Waals surface area contributed by atoms with E-state index in [1.54, 1.807) is 21.9 Å². The normalized spacial score (nSPS) is 17.7. The third kappa shape index (κ3) is 2.95. The second-order valence-corrected chi connectivity index (χ2v) is 5.70. The van der Waals surface area contributed by atoms with Crippen LogP contribution in [0.15, 0.2) is 48.5 Å². The van der Waals surface area contributed by atoms with Crippen LogP contribution in [-0.2, 0) is 16.1 Å². The van der Waals surface area contributed by atoms with Gasteiger partial charge < -0.3 is 9.80 Å². The molecule has 2 aromatic rings. The standard InChI is InChI=1S/C18H17FN2O2/c1-13-10-20(12-22)16-4-2-3-5-17(16)21(18(13)23)11-14-6-8-15(19)9-7-14/h2-9,12-13H,10-11H2,1H3. The molecule has 4 nitrogen and oxygen atoms in total. The average molecular weight is 312 g/mol. The lowest BCUT2D eigenvalue weighted by atomic mass is 10.1. The summed E-state index contributed by atoms with van der Waals surface area (Å²) in [5.41, 5.74) is 2.24. The van der Waals surface area contributed by atoms with Crippen molar-refractivity contribution in [3.63, 3.8) is 0 Å². The van der Waals surface area contributed by atoms with E-state index < -0.39 is 0 Å². The van der Waals surface area contributed by atoms with Gasteiger partial charge in [0.25, 0.3) is 0 Å². The Bertz CT molecular complexity index is 730. The van der Waals surface area contributed by atoms with Crippen molar-refractivity contribution in [1.82, 2.24) is 0 Å². The van der Waals surface area contributed by atoms with Gasteiger partial charge in [-0.05, 0) is 29.8 Å². The Balaban J connectivity index is 2.03. The Hall–Kier alpha value is -2.69. The molecule has 1 aliphatic rings. The van der Waals surface area contributed by atoms with E-state index in [0.717, 1.165) is 12.0 Å². The van der Waals surface area contributed by atoms with E-state index in [2.05, 4.69) is 0 Å². The second kappa shape index (κ2) is 6.20. The molecule has 118 valence electrons. The van der Waals surface area contributed by atoms with Crippen LogP contribution in [0.2, 0.25) is 0 Å². The third-order valence-corrected chi connectivity index (χ3v) is 4.02. The molecule has 0 aromatic heterocycles. The zero-order valence-electron chi connectivity index (χ0n) is 12.8. The summed E-state index contributed by atoms with van der Waals surface area (Å²) < 4.78 is 13.1. The van der Waals surface area contributed by atoms with Gasteiger partial charge in [-0.25, -0.2) is 4.39 Å². The van der Waals surface area contributed by atoms with Crippen LogP contribution in [-0.4, -0.2) is 18.9 Å². The Kier molecular flexibility index (Phi) is 4.10. The van der Waals surface area contributed by atoms with Gasteiger partial charge in [-0.15, -0.1) is 0 Å². The molecular weight excluding hydrogens is 295 g/mol. The van der Waals surface area contributed by atoms with E-state index in [9.17, 15) is 14.0 Å². The highest BCUT2D eigenvalue weighted by Gasteiger charge is 2.30. The highest BCUT2D eigenvalue weighted by Crippen LogP contribution is 2.34. The summed E-state index contributed by atoms with van der Waals surface area (Å²) in [6.07, 6.45) is 0.754. The molecule has 1 unspecified atom stereocenters. The molecule has 0 spiro atoms. The van der Waals surface area contributed by atoms with Gasteiger partial charge in [0.05, 0.1) is 23.8 Å². The van der Waals surface area contributed by atoms with E-state index >= 15 is 0 Å². The molecular formula is C18H17FN2O2. The van der Waals surface area contributed by atoms with Gasteiger partial charge >= 0.3 is 0 Å². The number of hydrogen-bond acceptors (Lipinski definition) is 2. The maximum absolute atomic E-state index is 13.1. The van der Waals surface area contributed by atoms with Gasteiger partial charge in [-0.2, -0.15) is 0 Å². The van der Waals surface area contributed by atoms with Gasteiger partial charge in [-0.1, -0.05) is 31.2 Å². The summed E-state index contributed by atoms with van der Waals surface area (Å²) in [5.74, 6) is -0.670. The van der Waals surface area contributed by atoms with Crippen molar-refractivity contribution in [2.45, 2.75) is 13.5 Å². The summed E-state index contributed by atoms with van der Waals surface area (Å²) in [7, 11) is 0. The molecule has 0 saturated carbocycles. The largest absolute Gasteiger partial charge is 0.312 e. The number of amides is 2. The van der Waals surface area contributed by atoms with Crippen LogP contribution >= 0.6 is 0 Å². The first-order chi connectivity index (χ1) is 11.1. The number of benzene rings is 2. The van der Waals surface area contributed by atoms with Crippen molar-refractivity contribution in [1.29, 1.82) is 0 Å². The summed E-state index contributed by atoms with van der Waals surface area (Å²) in [5, 5.41) is 0. The van der Waals surface area contributed by atoms with Crippen molar-refractivity contribution in [2.24, 2.45) is 5.92 Å². The molecule has 0 N–H and O–H groups in total. The van der Waals surface area contributed by atoms with Gasteiger partial charge in [0.1, 0.15) is 5.82 Å². The van der Waals surface area contributed by atoms with Crippen LogP contribution in [0.4, 0.5) is 15.8 Å². The minimum atomic E-state index is -0.312. The minimum Gasteiger partial charge on any atom is -0.312 e. The van der Waals surface area contributed by atoms with Crippen LogP contribution < -0.4 is 9.80 Å². The average Bonchev–Trinajstić information content (AvgIpc) is 2.67. The number of hydrogen-bond donors (Lipinski definition) is 0. The lowest BCUT2D eigenvalue weighted by molar-refractivity contribution is -0.121. The fourth-order valence-electron chi connectivity index (χ4n) is 2.83. The van der Waals surface area contributed by atoms with Crippen LogP contribution in [0.1, 0.15) is 12.5 Å².